The third-order valence-electron chi connectivity index (χ3n) is 4.06. The molecule has 25 heavy (non-hydrogen) atoms. The van der Waals surface area contributed by atoms with Gasteiger partial charge in [-0.1, -0.05) is 91.0 Å². The standard InChI is InChI=1S/C22H17N3/c23-22-21(18-14-8-3-9-15-18)24-19(16-10-4-1-5-11-16)20(25-22)17-12-6-2-7-13-17/h1-15H,(H2,23,25). The summed E-state index contributed by atoms with van der Waals surface area (Å²) in [6, 6.07) is 30.0. The molecule has 0 amide bonds. The van der Waals surface area contributed by atoms with E-state index in [2.05, 4.69) is 0 Å². The van der Waals surface area contributed by atoms with Gasteiger partial charge in [0.05, 0.1) is 11.4 Å². The highest BCUT2D eigenvalue weighted by Crippen LogP contribution is 2.33. The summed E-state index contributed by atoms with van der Waals surface area (Å²) < 4.78 is 0. The van der Waals surface area contributed by atoms with Crippen LogP contribution in [0.5, 0.6) is 0 Å². The van der Waals surface area contributed by atoms with Gasteiger partial charge < -0.3 is 5.73 Å². The number of hydrogen-bond donors (Lipinski definition) is 1. The van der Waals surface area contributed by atoms with Crippen molar-refractivity contribution in [3.63, 3.8) is 0 Å². The second-order valence-electron chi connectivity index (χ2n) is 5.75. The summed E-state index contributed by atoms with van der Waals surface area (Å²) in [4.78, 5) is 9.61. The third-order valence-corrected chi connectivity index (χ3v) is 4.06. The Kier molecular flexibility index (Phi) is 3.97. The monoisotopic (exact) mass is 323 g/mol. The number of nitrogens with zero attached hydrogens (tertiary/aromatic N) is 2. The topological polar surface area (TPSA) is 51.8 Å². The molecule has 0 bridgehead atoms. The van der Waals surface area contributed by atoms with Gasteiger partial charge in [-0.25, -0.2) is 9.97 Å². The Bertz CT molecular complexity index is 982. The maximum absolute atomic E-state index is 6.26. The van der Waals surface area contributed by atoms with Crippen LogP contribution in [0.15, 0.2) is 91.0 Å². The van der Waals surface area contributed by atoms with E-state index in [1.807, 2.05) is 91.0 Å². The van der Waals surface area contributed by atoms with Gasteiger partial charge >= 0.3 is 0 Å². The summed E-state index contributed by atoms with van der Waals surface area (Å²) in [6.07, 6.45) is 0. The average Bonchev–Trinajstić information content (AvgIpc) is 2.70. The molecule has 3 heteroatoms. The highest BCUT2D eigenvalue weighted by molar-refractivity contribution is 5.83. The van der Waals surface area contributed by atoms with Crippen molar-refractivity contribution in [1.82, 2.24) is 9.97 Å². The van der Waals surface area contributed by atoms with E-state index in [-0.39, 0.29) is 0 Å². The summed E-state index contributed by atoms with van der Waals surface area (Å²) in [5.74, 6) is 0.435. The second-order valence-corrected chi connectivity index (χ2v) is 5.75. The van der Waals surface area contributed by atoms with E-state index in [9.17, 15) is 0 Å². The number of nitrogens with two attached hydrogens (primary N) is 1. The van der Waals surface area contributed by atoms with Crippen molar-refractivity contribution in [2.24, 2.45) is 0 Å². The minimum absolute atomic E-state index is 0.435. The van der Waals surface area contributed by atoms with Gasteiger partial charge in [-0.3, -0.25) is 0 Å². The van der Waals surface area contributed by atoms with E-state index in [0.29, 0.717) is 11.5 Å². The van der Waals surface area contributed by atoms with E-state index in [4.69, 9.17) is 15.7 Å². The van der Waals surface area contributed by atoms with Crippen LogP contribution in [-0.2, 0) is 0 Å². The Balaban J connectivity index is 1.98. The molecule has 4 rings (SSSR count). The first kappa shape index (κ1) is 15.1. The fourth-order valence-electron chi connectivity index (χ4n) is 2.85. The molecule has 120 valence electrons. The van der Waals surface area contributed by atoms with Crippen molar-refractivity contribution in [3.05, 3.63) is 91.0 Å². The molecule has 1 aromatic heterocycles. The fourth-order valence-corrected chi connectivity index (χ4v) is 2.85. The first-order valence-corrected chi connectivity index (χ1v) is 8.17. The molecule has 3 aromatic carbocycles. The van der Waals surface area contributed by atoms with E-state index in [0.717, 1.165) is 28.1 Å². The van der Waals surface area contributed by atoms with Crippen LogP contribution in [0.4, 0.5) is 5.82 Å². The highest BCUT2D eigenvalue weighted by atomic mass is 14.9. The Morgan fingerprint density at radius 2 is 0.800 bits per heavy atom. The van der Waals surface area contributed by atoms with E-state index in [1.165, 1.54) is 0 Å². The zero-order valence-corrected chi connectivity index (χ0v) is 13.6. The maximum Gasteiger partial charge on any atom is 0.150 e. The van der Waals surface area contributed by atoms with Gasteiger partial charge in [0.25, 0.3) is 0 Å². The zero-order valence-electron chi connectivity index (χ0n) is 13.6. The van der Waals surface area contributed by atoms with Crippen molar-refractivity contribution in [2.75, 3.05) is 5.73 Å². The third kappa shape index (κ3) is 3.00. The first-order chi connectivity index (χ1) is 12.3. The molecule has 2 N–H and O–H groups in total. The van der Waals surface area contributed by atoms with Gasteiger partial charge in [-0.15, -0.1) is 0 Å². The summed E-state index contributed by atoms with van der Waals surface area (Å²) >= 11 is 0. The SMILES string of the molecule is Nc1nc(-c2ccccc2)c(-c2ccccc2)nc1-c1ccccc1. The normalized spacial score (nSPS) is 10.6. The summed E-state index contributed by atoms with van der Waals surface area (Å²) in [6.45, 7) is 0. The molecule has 0 saturated heterocycles. The fraction of sp³-hybridized carbons (Fsp3) is 0. The minimum Gasteiger partial charge on any atom is -0.382 e. The summed E-state index contributed by atoms with van der Waals surface area (Å²) in [5, 5.41) is 0. The molecule has 4 aromatic rings. The van der Waals surface area contributed by atoms with Gasteiger partial charge in [0.15, 0.2) is 5.82 Å². The molecule has 0 aliphatic heterocycles. The predicted octanol–water partition coefficient (Wildman–Crippen LogP) is 5.06. The minimum atomic E-state index is 0.435. The average molecular weight is 323 g/mol. The maximum atomic E-state index is 6.26. The second kappa shape index (κ2) is 6.57. The van der Waals surface area contributed by atoms with Crippen molar-refractivity contribution in [2.45, 2.75) is 0 Å². The Morgan fingerprint density at radius 3 is 1.24 bits per heavy atom. The van der Waals surface area contributed by atoms with Crippen LogP contribution in [0.1, 0.15) is 0 Å². The molecule has 0 saturated carbocycles. The Hall–Kier alpha value is -3.46. The van der Waals surface area contributed by atoms with Crippen molar-refractivity contribution < 1.29 is 0 Å². The van der Waals surface area contributed by atoms with Crippen LogP contribution in [0.2, 0.25) is 0 Å². The number of hydrogen-bond acceptors (Lipinski definition) is 3. The molecule has 0 spiro atoms. The van der Waals surface area contributed by atoms with E-state index in [1.54, 1.807) is 0 Å². The number of rotatable bonds is 3. The van der Waals surface area contributed by atoms with Crippen LogP contribution < -0.4 is 5.73 Å². The molecular formula is C22H17N3. The number of aromatic nitrogens is 2. The molecule has 3 nitrogen and oxygen atoms in total. The van der Waals surface area contributed by atoms with Gasteiger partial charge in [0, 0.05) is 16.7 Å². The lowest BCUT2D eigenvalue weighted by molar-refractivity contribution is 1.22. The molecule has 1 heterocycles. The molecular weight excluding hydrogens is 306 g/mol. The van der Waals surface area contributed by atoms with Crippen LogP contribution in [-0.4, -0.2) is 9.97 Å². The van der Waals surface area contributed by atoms with Crippen molar-refractivity contribution >= 4 is 5.82 Å². The van der Waals surface area contributed by atoms with Gasteiger partial charge in [0.2, 0.25) is 0 Å². The van der Waals surface area contributed by atoms with E-state index < -0.39 is 0 Å². The molecule has 0 fully saturated rings. The summed E-state index contributed by atoms with van der Waals surface area (Å²) in [5.41, 5.74) is 11.6. The Labute approximate surface area is 146 Å². The van der Waals surface area contributed by atoms with Gasteiger partial charge in [-0.05, 0) is 0 Å². The molecule has 0 aliphatic rings. The number of anilines is 1. The lowest BCUT2D eigenvalue weighted by atomic mass is 10.0. The van der Waals surface area contributed by atoms with Crippen molar-refractivity contribution in [3.8, 4) is 33.8 Å². The quantitative estimate of drug-likeness (QED) is 0.573. The molecule has 0 unspecified atom stereocenters. The van der Waals surface area contributed by atoms with Crippen LogP contribution in [0.3, 0.4) is 0 Å². The summed E-state index contributed by atoms with van der Waals surface area (Å²) in [7, 11) is 0. The largest absolute Gasteiger partial charge is 0.382 e. The Morgan fingerprint density at radius 1 is 0.440 bits per heavy atom. The number of benzene rings is 3. The van der Waals surface area contributed by atoms with Crippen LogP contribution in [0, 0.1) is 0 Å². The van der Waals surface area contributed by atoms with Gasteiger partial charge in [-0.2, -0.15) is 0 Å². The lowest BCUT2D eigenvalue weighted by Crippen LogP contribution is -2.02. The van der Waals surface area contributed by atoms with Crippen LogP contribution >= 0.6 is 0 Å². The smallest absolute Gasteiger partial charge is 0.150 e. The predicted molar refractivity (Wildman–Crippen MR) is 103 cm³/mol. The zero-order chi connectivity index (χ0) is 17.1. The first-order valence-electron chi connectivity index (χ1n) is 8.17. The lowest BCUT2D eigenvalue weighted by Gasteiger charge is -2.13. The number of nitrogen functional groups attached to an aromatic ring is 1. The van der Waals surface area contributed by atoms with Crippen LogP contribution in [0.25, 0.3) is 33.8 Å². The van der Waals surface area contributed by atoms with E-state index >= 15 is 0 Å². The van der Waals surface area contributed by atoms with Gasteiger partial charge in [0.1, 0.15) is 5.69 Å². The molecule has 0 radical (unpaired) electrons. The molecule has 0 aliphatic carbocycles. The molecule has 0 atom stereocenters. The van der Waals surface area contributed by atoms with Crippen molar-refractivity contribution in [1.29, 1.82) is 0 Å². The highest BCUT2D eigenvalue weighted by Gasteiger charge is 2.16.